The van der Waals surface area contributed by atoms with E-state index < -0.39 is 0 Å². The molecule has 0 radical (unpaired) electrons. The van der Waals surface area contributed by atoms with Gasteiger partial charge in [0.2, 0.25) is 0 Å². The number of unbranched alkanes of at least 4 members (excludes halogenated alkanes) is 16. The van der Waals surface area contributed by atoms with Crippen molar-refractivity contribution in [1.82, 2.24) is 0 Å². The Morgan fingerprint density at radius 1 is 0.364 bits per heavy atom. The molecular formula is C22H44. The van der Waals surface area contributed by atoms with E-state index in [4.69, 9.17) is 0 Å². The summed E-state index contributed by atoms with van der Waals surface area (Å²) in [4.78, 5) is 0. The lowest BCUT2D eigenvalue weighted by molar-refractivity contribution is 0.540. The van der Waals surface area contributed by atoms with Gasteiger partial charge in [-0.05, 0) is 25.7 Å². The van der Waals surface area contributed by atoms with E-state index in [1.165, 1.54) is 116 Å². The third kappa shape index (κ3) is 19.7. The van der Waals surface area contributed by atoms with Gasteiger partial charge in [0.15, 0.2) is 0 Å². The predicted molar refractivity (Wildman–Crippen MR) is 104 cm³/mol. The zero-order valence-corrected chi connectivity index (χ0v) is 15.9. The molecule has 0 heteroatoms. The van der Waals surface area contributed by atoms with Crippen molar-refractivity contribution in [2.75, 3.05) is 0 Å². The molecule has 0 aliphatic rings. The van der Waals surface area contributed by atoms with E-state index in [2.05, 4.69) is 26.0 Å². The molecule has 0 aromatic heterocycles. The van der Waals surface area contributed by atoms with E-state index in [0.29, 0.717) is 0 Å². The van der Waals surface area contributed by atoms with Gasteiger partial charge in [-0.25, -0.2) is 0 Å². The maximum atomic E-state index is 2.41. The third-order valence-corrected chi connectivity index (χ3v) is 4.62. The quantitative estimate of drug-likeness (QED) is 0.176. The summed E-state index contributed by atoms with van der Waals surface area (Å²) in [6, 6.07) is 0. The van der Waals surface area contributed by atoms with Gasteiger partial charge in [0, 0.05) is 0 Å². The average molecular weight is 309 g/mol. The van der Waals surface area contributed by atoms with E-state index in [1.807, 2.05) is 0 Å². The smallest absolute Gasteiger partial charge is 0.0351 e. The fraction of sp³-hybridized carbons (Fsp3) is 0.909. The van der Waals surface area contributed by atoms with Crippen LogP contribution < -0.4 is 0 Å². The van der Waals surface area contributed by atoms with Crippen molar-refractivity contribution in [3.63, 3.8) is 0 Å². The van der Waals surface area contributed by atoms with Crippen LogP contribution in [0.15, 0.2) is 12.2 Å². The monoisotopic (exact) mass is 308 g/mol. The second-order valence-corrected chi connectivity index (χ2v) is 7.00. The van der Waals surface area contributed by atoms with Crippen molar-refractivity contribution < 1.29 is 0 Å². The number of hydrogen-bond donors (Lipinski definition) is 0. The highest BCUT2D eigenvalue weighted by molar-refractivity contribution is 4.81. The number of allylic oxidation sites excluding steroid dienone is 2. The van der Waals surface area contributed by atoms with Crippen LogP contribution in [0.5, 0.6) is 0 Å². The van der Waals surface area contributed by atoms with Crippen molar-refractivity contribution in [3.8, 4) is 0 Å². The molecule has 0 fully saturated rings. The minimum Gasteiger partial charge on any atom is -0.0885 e. The molecule has 0 rings (SSSR count). The van der Waals surface area contributed by atoms with Crippen LogP contribution in [0.2, 0.25) is 0 Å². The van der Waals surface area contributed by atoms with E-state index in [9.17, 15) is 0 Å². The fourth-order valence-electron chi connectivity index (χ4n) is 3.03. The summed E-state index contributed by atoms with van der Waals surface area (Å²) in [7, 11) is 0. The molecule has 0 unspecified atom stereocenters. The van der Waals surface area contributed by atoms with Gasteiger partial charge in [-0.3, -0.25) is 0 Å². The van der Waals surface area contributed by atoms with Gasteiger partial charge in [0.05, 0.1) is 0 Å². The maximum Gasteiger partial charge on any atom is -0.0351 e. The van der Waals surface area contributed by atoms with Crippen LogP contribution in [-0.2, 0) is 0 Å². The molecule has 132 valence electrons. The first kappa shape index (κ1) is 21.7. The topological polar surface area (TPSA) is 0 Å². The molecule has 0 bridgehead atoms. The van der Waals surface area contributed by atoms with Gasteiger partial charge in [-0.15, -0.1) is 0 Å². The van der Waals surface area contributed by atoms with Crippen molar-refractivity contribution in [1.29, 1.82) is 0 Å². The SMILES string of the molecule is CCCCC/C=C\CCCCCCCCCCCCCCC. The van der Waals surface area contributed by atoms with Crippen molar-refractivity contribution >= 4 is 0 Å². The largest absolute Gasteiger partial charge is 0.0885 e. The highest BCUT2D eigenvalue weighted by Gasteiger charge is 1.93. The van der Waals surface area contributed by atoms with Crippen LogP contribution in [0.4, 0.5) is 0 Å². The van der Waals surface area contributed by atoms with Crippen molar-refractivity contribution in [3.05, 3.63) is 12.2 Å². The summed E-state index contributed by atoms with van der Waals surface area (Å²) in [5.41, 5.74) is 0. The molecule has 0 spiro atoms. The second kappa shape index (κ2) is 20.7. The Hall–Kier alpha value is -0.260. The molecule has 0 aliphatic heterocycles. The van der Waals surface area contributed by atoms with Gasteiger partial charge in [0.25, 0.3) is 0 Å². The molecule has 0 saturated carbocycles. The van der Waals surface area contributed by atoms with E-state index in [1.54, 1.807) is 0 Å². The predicted octanol–water partition coefficient (Wildman–Crippen LogP) is 8.60. The van der Waals surface area contributed by atoms with Crippen LogP contribution in [-0.4, -0.2) is 0 Å². The summed E-state index contributed by atoms with van der Waals surface area (Å²) in [5, 5.41) is 0. The molecule has 0 heterocycles. The van der Waals surface area contributed by atoms with Crippen LogP contribution in [0.1, 0.15) is 129 Å². The first-order valence-corrected chi connectivity index (χ1v) is 10.6. The molecule has 0 nitrogen and oxygen atoms in total. The highest BCUT2D eigenvalue weighted by atomic mass is 14.0. The van der Waals surface area contributed by atoms with Gasteiger partial charge in [-0.1, -0.05) is 116 Å². The Balaban J connectivity index is 2.99. The lowest BCUT2D eigenvalue weighted by Gasteiger charge is -2.02. The van der Waals surface area contributed by atoms with Crippen LogP contribution in [0, 0.1) is 0 Å². The van der Waals surface area contributed by atoms with E-state index >= 15 is 0 Å². The minimum atomic E-state index is 1.30. The minimum absolute atomic E-state index is 1.30. The molecule has 0 aromatic carbocycles. The molecule has 0 saturated heterocycles. The molecule has 0 atom stereocenters. The van der Waals surface area contributed by atoms with Gasteiger partial charge in [0.1, 0.15) is 0 Å². The van der Waals surface area contributed by atoms with Gasteiger partial charge < -0.3 is 0 Å². The van der Waals surface area contributed by atoms with Crippen LogP contribution in [0.25, 0.3) is 0 Å². The van der Waals surface area contributed by atoms with E-state index in [-0.39, 0.29) is 0 Å². The number of hydrogen-bond acceptors (Lipinski definition) is 0. The van der Waals surface area contributed by atoms with E-state index in [0.717, 1.165) is 0 Å². The molecule has 0 N–H and O–H groups in total. The fourth-order valence-corrected chi connectivity index (χ4v) is 3.03. The molecule has 0 amide bonds. The zero-order valence-electron chi connectivity index (χ0n) is 15.9. The van der Waals surface area contributed by atoms with Crippen molar-refractivity contribution in [2.45, 2.75) is 129 Å². The lowest BCUT2D eigenvalue weighted by atomic mass is 10.0. The highest BCUT2D eigenvalue weighted by Crippen LogP contribution is 2.13. The first-order chi connectivity index (χ1) is 10.9. The second-order valence-electron chi connectivity index (χ2n) is 7.00. The number of rotatable bonds is 18. The maximum absolute atomic E-state index is 2.41. The Labute approximate surface area is 142 Å². The zero-order chi connectivity index (χ0) is 16.1. The summed E-state index contributed by atoms with van der Waals surface area (Å²) in [6.45, 7) is 4.57. The molecule has 0 aromatic rings. The Kier molecular flexibility index (Phi) is 20.5. The van der Waals surface area contributed by atoms with Crippen molar-refractivity contribution in [2.24, 2.45) is 0 Å². The summed E-state index contributed by atoms with van der Waals surface area (Å²) >= 11 is 0. The standard InChI is InChI=1S/C22H44/c1-3-5-7-9-11-13-15-17-19-21-22-20-18-16-14-12-10-8-6-4-2/h11,13H,3-10,12,14-22H2,1-2H3/b13-11-. The molecular weight excluding hydrogens is 264 g/mol. The Morgan fingerprint density at radius 2 is 0.636 bits per heavy atom. The average Bonchev–Trinajstić information content (AvgIpc) is 2.54. The Morgan fingerprint density at radius 3 is 1.05 bits per heavy atom. The van der Waals surface area contributed by atoms with Gasteiger partial charge >= 0.3 is 0 Å². The van der Waals surface area contributed by atoms with Crippen LogP contribution in [0.3, 0.4) is 0 Å². The normalized spacial score (nSPS) is 11.5. The molecule has 0 aliphatic carbocycles. The summed E-state index contributed by atoms with van der Waals surface area (Å²) < 4.78 is 0. The van der Waals surface area contributed by atoms with Crippen LogP contribution >= 0.6 is 0 Å². The summed E-state index contributed by atoms with van der Waals surface area (Å²) in [6.07, 6.45) is 30.4. The lowest BCUT2D eigenvalue weighted by Crippen LogP contribution is -1.82. The third-order valence-electron chi connectivity index (χ3n) is 4.62. The first-order valence-electron chi connectivity index (χ1n) is 10.6. The molecule has 22 heavy (non-hydrogen) atoms. The summed E-state index contributed by atoms with van der Waals surface area (Å²) in [5.74, 6) is 0. The Bertz CT molecular complexity index is 204. The van der Waals surface area contributed by atoms with Gasteiger partial charge in [-0.2, -0.15) is 0 Å².